The van der Waals surface area contributed by atoms with Crippen LogP contribution >= 0.6 is 11.6 Å². The van der Waals surface area contributed by atoms with E-state index >= 15 is 0 Å². The molecule has 21 heteroatoms. The number of Topliss-reactive ketones (excluding diaryl/α,β-unsaturated/α-hetero) is 1. The molecule has 2 atom stereocenters. The Morgan fingerprint density at radius 2 is 1.65 bits per heavy atom. The van der Waals surface area contributed by atoms with Gasteiger partial charge in [-0.1, -0.05) is 62.2 Å². The van der Waals surface area contributed by atoms with E-state index in [1.165, 1.54) is 23.4 Å². The number of anilines is 1. The quantitative estimate of drug-likeness (QED) is 0.0285. The van der Waals surface area contributed by atoms with Gasteiger partial charge >= 0.3 is 12.1 Å². The monoisotopic (exact) mass is 1030 g/mol. The van der Waals surface area contributed by atoms with E-state index < -0.39 is 30.0 Å². The number of halogens is 1. The molecule has 6 aromatic rings. The lowest BCUT2D eigenvalue weighted by Crippen LogP contribution is -2.45. The van der Waals surface area contributed by atoms with Crippen LogP contribution in [0.4, 0.5) is 15.3 Å². The molecule has 20 nitrogen and oxygen atoms in total. The molecular weight excluding hydrogens is 968 g/mol. The molecule has 6 N–H and O–H groups in total. The molecule has 0 aliphatic carbocycles. The number of hydrogen-bond acceptors (Lipinski definition) is 12. The third-order valence-corrected chi connectivity index (χ3v) is 12.5. The largest absolute Gasteiger partial charge is 0.445 e. The van der Waals surface area contributed by atoms with Crippen molar-refractivity contribution < 1.29 is 38.3 Å². The van der Waals surface area contributed by atoms with Crippen LogP contribution in [-0.4, -0.2) is 100 Å². The fourth-order valence-electron chi connectivity index (χ4n) is 8.42. The van der Waals surface area contributed by atoms with Gasteiger partial charge in [-0.15, -0.1) is 0 Å². The van der Waals surface area contributed by atoms with Gasteiger partial charge in [0.2, 0.25) is 11.8 Å². The number of unbranched alkanes of at least 4 members (excludes halogenated alkanes) is 2. The summed E-state index contributed by atoms with van der Waals surface area (Å²) in [7, 11) is 0. The molecule has 1 aliphatic heterocycles. The summed E-state index contributed by atoms with van der Waals surface area (Å²) in [5, 5.41) is 13.0. The van der Waals surface area contributed by atoms with Crippen LogP contribution in [0.2, 0.25) is 5.02 Å². The van der Waals surface area contributed by atoms with Crippen LogP contribution in [0.25, 0.3) is 28.3 Å². The molecule has 0 fully saturated rings. The number of aromatic nitrogens is 6. The van der Waals surface area contributed by atoms with Crippen LogP contribution in [0.5, 0.6) is 0 Å². The highest BCUT2D eigenvalue weighted by Gasteiger charge is 2.30. The highest BCUT2D eigenvalue weighted by Crippen LogP contribution is 2.30. The number of ketones is 1. The maximum atomic E-state index is 14.0. The number of imide groups is 1. The number of ether oxygens (including phenoxy) is 1. The first-order valence-corrected chi connectivity index (χ1v) is 24.8. The van der Waals surface area contributed by atoms with E-state index in [9.17, 15) is 33.6 Å². The SMILES string of the molecule is Cc1cccc(-c2[nH]c(CN(Cc3cccc(Cl)c3)C(=O)OCc3ccc(NC(=O)[C@H](CCCNC(N)=O)CC(=O)[C@@H](NC(=O)CCCCCN4C(=O)C=CC4=O)C(C)C)cc3)nc2-c2ccc3ncnn3c2)n1. The van der Waals surface area contributed by atoms with E-state index in [1.807, 2.05) is 49.5 Å². The summed E-state index contributed by atoms with van der Waals surface area (Å²) < 4.78 is 7.55. The number of urea groups is 1. The second-order valence-electron chi connectivity index (χ2n) is 18.3. The van der Waals surface area contributed by atoms with Crippen LogP contribution < -0.4 is 21.7 Å². The lowest BCUT2D eigenvalue weighted by atomic mass is 9.89. The minimum absolute atomic E-state index is 0.0281. The third kappa shape index (κ3) is 14.9. The van der Waals surface area contributed by atoms with E-state index in [2.05, 4.69) is 31.0 Å². The summed E-state index contributed by atoms with van der Waals surface area (Å²) in [6.07, 6.45) is 7.29. The van der Waals surface area contributed by atoms with Crippen molar-refractivity contribution in [1.82, 2.24) is 50.0 Å². The number of rotatable bonds is 25. The molecule has 7 rings (SSSR count). The van der Waals surface area contributed by atoms with Crippen molar-refractivity contribution >= 4 is 64.5 Å². The summed E-state index contributed by atoms with van der Waals surface area (Å²) in [6.45, 7) is 6.03. The normalized spacial score (nSPS) is 13.0. The standard InChI is InChI=1S/C53H59ClN12O8/c1-33(2)48(63-45(68)15-5-4-6-25-65-46(69)22-23-47(65)70)42(67)27-37(12-9-24-56-52(55)72)51(71)60-40-19-16-35(17-20-40)31-74-53(73)64(28-36-11-8-13-39(54)26-36)30-43-61-49(38-18-21-44-57-32-58-66(44)29-38)50(62-43)41-14-7-10-34(3)59-41/h7-8,10-11,13-14,16-23,26,29,32-33,37,48H,4-6,9,12,15,24-25,27-28,30-31H2,1-3H3,(H,60,71)(H,61,62)(H,63,68)(H3,55,56,72)/t37-,48+/m1/s1. The van der Waals surface area contributed by atoms with Crippen LogP contribution in [0.1, 0.15) is 81.4 Å². The zero-order valence-corrected chi connectivity index (χ0v) is 42.1. The van der Waals surface area contributed by atoms with E-state index in [1.54, 1.807) is 60.8 Å². The number of benzene rings is 2. The van der Waals surface area contributed by atoms with Crippen molar-refractivity contribution in [2.75, 3.05) is 18.4 Å². The Morgan fingerprint density at radius 3 is 2.38 bits per heavy atom. The first-order chi connectivity index (χ1) is 35.6. The molecule has 0 radical (unpaired) electrons. The number of amides is 7. The average molecular weight is 1030 g/mol. The summed E-state index contributed by atoms with van der Waals surface area (Å²) in [6, 6.07) is 21.8. The van der Waals surface area contributed by atoms with Gasteiger partial charge in [-0.3, -0.25) is 38.8 Å². The minimum atomic E-state index is -0.859. The number of aryl methyl sites for hydroxylation is 1. The zero-order valence-electron chi connectivity index (χ0n) is 41.4. The highest BCUT2D eigenvalue weighted by molar-refractivity contribution is 6.30. The van der Waals surface area contributed by atoms with Gasteiger partial charge < -0.3 is 31.4 Å². The van der Waals surface area contributed by atoms with Gasteiger partial charge in [0.15, 0.2) is 11.4 Å². The highest BCUT2D eigenvalue weighted by atomic mass is 35.5. The number of fused-ring (bicyclic) bond motifs is 1. The Bertz CT molecular complexity index is 3010. The van der Waals surface area contributed by atoms with Gasteiger partial charge in [0, 0.05) is 78.7 Å². The number of H-pyrrole nitrogens is 1. The number of aromatic amines is 1. The van der Waals surface area contributed by atoms with Crippen LogP contribution in [0, 0.1) is 18.8 Å². The smallest absolute Gasteiger partial charge is 0.410 e. The first-order valence-electron chi connectivity index (χ1n) is 24.4. The van der Waals surface area contributed by atoms with Crippen molar-refractivity contribution in [1.29, 1.82) is 0 Å². The van der Waals surface area contributed by atoms with Gasteiger partial charge in [-0.2, -0.15) is 5.10 Å². The summed E-state index contributed by atoms with van der Waals surface area (Å²) in [5.74, 6) is -2.42. The zero-order chi connectivity index (χ0) is 52.7. The third-order valence-electron chi connectivity index (χ3n) is 12.3. The van der Waals surface area contributed by atoms with Gasteiger partial charge in [0.05, 0.1) is 29.7 Å². The summed E-state index contributed by atoms with van der Waals surface area (Å²) in [5.41, 5.74) is 11.2. The van der Waals surface area contributed by atoms with Crippen molar-refractivity contribution in [2.24, 2.45) is 17.6 Å². The van der Waals surface area contributed by atoms with Gasteiger partial charge in [-0.05, 0) is 98.2 Å². The topological polar surface area (TPSA) is 269 Å². The predicted octanol–water partition coefficient (Wildman–Crippen LogP) is 7.07. The molecule has 0 saturated carbocycles. The fraction of sp³-hybridized carbons (Fsp3) is 0.340. The summed E-state index contributed by atoms with van der Waals surface area (Å²) >= 11 is 6.36. The molecule has 5 heterocycles. The average Bonchev–Trinajstić information content (AvgIpc) is 4.11. The molecule has 0 unspecified atom stereocenters. The van der Waals surface area contributed by atoms with Gasteiger partial charge in [-0.25, -0.2) is 24.1 Å². The number of pyridine rings is 2. The predicted molar refractivity (Wildman–Crippen MR) is 276 cm³/mol. The Balaban J connectivity index is 0.985. The maximum absolute atomic E-state index is 14.0. The number of imidazole rings is 1. The molecule has 1 aliphatic rings. The Hall–Kier alpha value is -8.26. The molecule has 0 spiro atoms. The first kappa shape index (κ1) is 53.5. The number of carbonyl (C=O) groups is 7. The number of primary amides is 1. The van der Waals surface area contributed by atoms with Gasteiger partial charge in [0.25, 0.3) is 11.8 Å². The molecule has 7 amide bonds. The molecule has 0 saturated heterocycles. The van der Waals surface area contributed by atoms with E-state index in [0.29, 0.717) is 70.5 Å². The molecule has 0 bridgehead atoms. The minimum Gasteiger partial charge on any atom is -0.445 e. The van der Waals surface area contributed by atoms with Crippen molar-refractivity contribution in [3.05, 3.63) is 131 Å². The number of nitrogens with two attached hydrogens (primary N) is 1. The Labute approximate surface area is 432 Å². The van der Waals surface area contributed by atoms with Crippen molar-refractivity contribution in [3.8, 4) is 22.6 Å². The van der Waals surface area contributed by atoms with Crippen LogP contribution in [0.15, 0.2) is 104 Å². The van der Waals surface area contributed by atoms with E-state index in [-0.39, 0.29) is 81.5 Å². The lowest BCUT2D eigenvalue weighted by Gasteiger charge is -2.24. The lowest BCUT2D eigenvalue weighted by molar-refractivity contribution is -0.137. The Morgan fingerprint density at radius 1 is 0.878 bits per heavy atom. The second kappa shape index (κ2) is 25.4. The maximum Gasteiger partial charge on any atom is 0.410 e. The molecule has 74 heavy (non-hydrogen) atoms. The molecular formula is C53H59ClN12O8. The van der Waals surface area contributed by atoms with Crippen LogP contribution in [0.3, 0.4) is 0 Å². The van der Waals surface area contributed by atoms with Gasteiger partial charge in [0.1, 0.15) is 18.8 Å². The Kier molecular flexibility index (Phi) is 18.4. The fourth-order valence-corrected chi connectivity index (χ4v) is 8.63. The second-order valence-corrected chi connectivity index (χ2v) is 18.8. The number of nitrogens with one attached hydrogen (secondary N) is 4. The molecule has 386 valence electrons. The number of nitrogens with zero attached hydrogens (tertiary/aromatic N) is 7. The summed E-state index contributed by atoms with van der Waals surface area (Å²) in [4.78, 5) is 110. The van der Waals surface area contributed by atoms with Crippen molar-refractivity contribution in [2.45, 2.75) is 91.5 Å². The van der Waals surface area contributed by atoms with Crippen LogP contribution in [-0.2, 0) is 48.4 Å². The van der Waals surface area contributed by atoms with E-state index in [0.717, 1.165) is 21.7 Å². The van der Waals surface area contributed by atoms with Crippen molar-refractivity contribution in [3.63, 3.8) is 0 Å². The molecule has 2 aromatic carbocycles. The molecule has 4 aromatic heterocycles. The number of carbonyl (C=O) groups excluding carboxylic acids is 7. The number of hydrogen-bond donors (Lipinski definition) is 5. The van der Waals surface area contributed by atoms with E-state index in [4.69, 9.17) is 32.0 Å².